The maximum atomic E-state index is 9.37. The summed E-state index contributed by atoms with van der Waals surface area (Å²) in [5, 5.41) is 18.7. The Kier molecular flexibility index (Phi) is 3.04. The van der Waals surface area contributed by atoms with E-state index in [-0.39, 0.29) is 0 Å². The summed E-state index contributed by atoms with van der Waals surface area (Å²) in [6.45, 7) is 1.95. The quantitative estimate of drug-likeness (QED) is 0.673. The molecule has 2 heterocycles. The zero-order valence-electron chi connectivity index (χ0n) is 8.87. The number of rotatable bonds is 3. The zero-order chi connectivity index (χ0) is 10.8. The molecule has 0 radical (unpaired) electrons. The summed E-state index contributed by atoms with van der Waals surface area (Å²) in [4.78, 5) is 6.29. The van der Waals surface area contributed by atoms with E-state index in [4.69, 9.17) is 0 Å². The molecule has 2 N–H and O–H groups in total. The summed E-state index contributed by atoms with van der Waals surface area (Å²) in [5.74, 6) is 1.03. The number of imidazole rings is 1. The highest BCUT2D eigenvalue weighted by Gasteiger charge is 2.28. The molecule has 0 aromatic carbocycles. The molecular formula is C10H17N3O2. The van der Waals surface area contributed by atoms with E-state index < -0.39 is 12.2 Å². The van der Waals surface area contributed by atoms with Crippen molar-refractivity contribution in [2.24, 2.45) is 7.05 Å². The molecular weight excluding hydrogens is 194 g/mol. The fourth-order valence-electron chi connectivity index (χ4n) is 1.93. The summed E-state index contributed by atoms with van der Waals surface area (Å²) >= 11 is 0. The second kappa shape index (κ2) is 4.30. The van der Waals surface area contributed by atoms with Crippen LogP contribution in [0.2, 0.25) is 0 Å². The van der Waals surface area contributed by atoms with Crippen molar-refractivity contribution in [1.82, 2.24) is 14.5 Å². The van der Waals surface area contributed by atoms with E-state index in [9.17, 15) is 10.2 Å². The average molecular weight is 211 g/mol. The Morgan fingerprint density at radius 2 is 2.07 bits per heavy atom. The van der Waals surface area contributed by atoms with Gasteiger partial charge in [-0.15, -0.1) is 0 Å². The van der Waals surface area contributed by atoms with Crippen molar-refractivity contribution >= 4 is 0 Å². The molecule has 2 atom stereocenters. The lowest BCUT2D eigenvalue weighted by Gasteiger charge is -2.13. The molecule has 15 heavy (non-hydrogen) atoms. The summed E-state index contributed by atoms with van der Waals surface area (Å²) in [7, 11) is 1.97. The molecule has 84 valence electrons. The molecule has 5 heteroatoms. The van der Waals surface area contributed by atoms with Crippen LogP contribution in [-0.2, 0) is 13.5 Å². The van der Waals surface area contributed by atoms with Crippen molar-refractivity contribution in [1.29, 1.82) is 0 Å². The number of aryl methyl sites for hydroxylation is 1. The smallest absolute Gasteiger partial charge is 0.109 e. The number of nitrogens with zero attached hydrogens (tertiary/aromatic N) is 3. The van der Waals surface area contributed by atoms with Crippen LogP contribution in [-0.4, -0.2) is 56.5 Å². The van der Waals surface area contributed by atoms with Crippen molar-refractivity contribution in [3.63, 3.8) is 0 Å². The van der Waals surface area contributed by atoms with Gasteiger partial charge in [-0.05, 0) is 0 Å². The molecule has 1 aromatic heterocycles. The molecule has 1 saturated heterocycles. The summed E-state index contributed by atoms with van der Waals surface area (Å²) in [5.41, 5.74) is 0. The van der Waals surface area contributed by atoms with Gasteiger partial charge >= 0.3 is 0 Å². The standard InChI is InChI=1S/C10H17N3O2/c1-12-5-3-11-10(12)2-4-13-6-8(14)9(15)7-13/h3,5,8-9,14-15H,2,4,6-7H2,1H3/t8-,9+. The first-order valence-corrected chi connectivity index (χ1v) is 5.21. The van der Waals surface area contributed by atoms with Crippen molar-refractivity contribution in [3.8, 4) is 0 Å². The molecule has 0 aliphatic carbocycles. The maximum absolute atomic E-state index is 9.37. The van der Waals surface area contributed by atoms with Crippen molar-refractivity contribution in [3.05, 3.63) is 18.2 Å². The minimum absolute atomic E-state index is 0.561. The molecule has 1 aliphatic heterocycles. The Morgan fingerprint density at radius 1 is 1.40 bits per heavy atom. The van der Waals surface area contributed by atoms with Crippen LogP contribution in [0.15, 0.2) is 12.4 Å². The van der Waals surface area contributed by atoms with Gasteiger partial charge in [-0.25, -0.2) is 4.98 Å². The van der Waals surface area contributed by atoms with E-state index in [2.05, 4.69) is 9.88 Å². The van der Waals surface area contributed by atoms with Gasteiger partial charge in [0.25, 0.3) is 0 Å². The van der Waals surface area contributed by atoms with Crippen molar-refractivity contribution in [2.75, 3.05) is 19.6 Å². The third-order valence-electron chi connectivity index (χ3n) is 2.91. The Labute approximate surface area is 89.0 Å². The van der Waals surface area contributed by atoms with E-state index in [1.165, 1.54) is 0 Å². The van der Waals surface area contributed by atoms with Gasteiger partial charge in [-0.1, -0.05) is 0 Å². The van der Waals surface area contributed by atoms with Crippen LogP contribution in [0.4, 0.5) is 0 Å². The lowest BCUT2D eigenvalue weighted by molar-refractivity contribution is 0.0572. The third kappa shape index (κ3) is 2.37. The molecule has 0 unspecified atom stereocenters. The second-order valence-corrected chi connectivity index (χ2v) is 4.10. The van der Waals surface area contributed by atoms with Gasteiger partial charge in [0, 0.05) is 45.5 Å². The first kappa shape index (κ1) is 10.6. The fourth-order valence-corrected chi connectivity index (χ4v) is 1.93. The van der Waals surface area contributed by atoms with Crippen LogP contribution >= 0.6 is 0 Å². The van der Waals surface area contributed by atoms with E-state index in [1.54, 1.807) is 6.20 Å². The number of β-amino-alcohol motifs (C(OH)–C–C–N with tert-alkyl or cyclic N) is 2. The van der Waals surface area contributed by atoms with E-state index in [0.29, 0.717) is 13.1 Å². The first-order valence-electron chi connectivity index (χ1n) is 5.21. The minimum atomic E-state index is -0.591. The molecule has 2 rings (SSSR count). The van der Waals surface area contributed by atoms with Crippen LogP contribution in [0.5, 0.6) is 0 Å². The van der Waals surface area contributed by atoms with Crippen LogP contribution in [0.1, 0.15) is 5.82 Å². The van der Waals surface area contributed by atoms with Crippen molar-refractivity contribution < 1.29 is 10.2 Å². The number of hydrogen-bond acceptors (Lipinski definition) is 4. The highest BCUT2D eigenvalue weighted by Crippen LogP contribution is 2.10. The normalized spacial score (nSPS) is 27.4. The average Bonchev–Trinajstić information content (AvgIpc) is 2.72. The number of likely N-dealkylation sites (tertiary alicyclic amines) is 1. The monoisotopic (exact) mass is 211 g/mol. The van der Waals surface area contributed by atoms with Crippen LogP contribution < -0.4 is 0 Å². The van der Waals surface area contributed by atoms with E-state index in [1.807, 2.05) is 17.8 Å². The van der Waals surface area contributed by atoms with Crippen LogP contribution in [0.3, 0.4) is 0 Å². The van der Waals surface area contributed by atoms with Crippen LogP contribution in [0, 0.1) is 0 Å². The van der Waals surface area contributed by atoms with Gasteiger partial charge < -0.3 is 14.8 Å². The molecule has 5 nitrogen and oxygen atoms in total. The fraction of sp³-hybridized carbons (Fsp3) is 0.700. The summed E-state index contributed by atoms with van der Waals surface area (Å²) < 4.78 is 1.99. The van der Waals surface area contributed by atoms with Gasteiger partial charge in [0.05, 0.1) is 12.2 Å². The number of hydrogen-bond donors (Lipinski definition) is 2. The molecule has 0 spiro atoms. The minimum Gasteiger partial charge on any atom is -0.389 e. The Morgan fingerprint density at radius 3 is 2.60 bits per heavy atom. The largest absolute Gasteiger partial charge is 0.389 e. The highest BCUT2D eigenvalue weighted by atomic mass is 16.3. The van der Waals surface area contributed by atoms with Crippen LogP contribution in [0.25, 0.3) is 0 Å². The molecule has 1 aliphatic rings. The van der Waals surface area contributed by atoms with Gasteiger partial charge in [-0.3, -0.25) is 4.90 Å². The van der Waals surface area contributed by atoms with Gasteiger partial charge in [0.2, 0.25) is 0 Å². The van der Waals surface area contributed by atoms with E-state index in [0.717, 1.165) is 18.8 Å². The highest BCUT2D eigenvalue weighted by molar-refractivity contribution is 4.93. The van der Waals surface area contributed by atoms with Gasteiger partial charge in [-0.2, -0.15) is 0 Å². The molecule has 0 saturated carbocycles. The topological polar surface area (TPSA) is 61.5 Å². The molecule has 1 aromatic rings. The lowest BCUT2D eigenvalue weighted by Crippen LogP contribution is -2.25. The van der Waals surface area contributed by atoms with Crippen molar-refractivity contribution in [2.45, 2.75) is 18.6 Å². The second-order valence-electron chi connectivity index (χ2n) is 4.10. The number of aliphatic hydroxyl groups is 2. The maximum Gasteiger partial charge on any atom is 0.109 e. The lowest BCUT2D eigenvalue weighted by atomic mass is 10.3. The Balaban J connectivity index is 1.82. The third-order valence-corrected chi connectivity index (χ3v) is 2.91. The predicted molar refractivity (Wildman–Crippen MR) is 55.4 cm³/mol. The molecule has 0 amide bonds. The van der Waals surface area contributed by atoms with Gasteiger partial charge in [0.15, 0.2) is 0 Å². The molecule has 1 fully saturated rings. The molecule has 0 bridgehead atoms. The van der Waals surface area contributed by atoms with E-state index >= 15 is 0 Å². The van der Waals surface area contributed by atoms with Gasteiger partial charge in [0.1, 0.15) is 5.82 Å². The zero-order valence-corrected chi connectivity index (χ0v) is 8.87. The SMILES string of the molecule is Cn1ccnc1CCN1C[C@@H](O)[C@@H](O)C1. The Bertz CT molecular complexity index is 316. The summed E-state index contributed by atoms with van der Waals surface area (Å²) in [6.07, 6.45) is 3.37. The first-order chi connectivity index (χ1) is 7.16. The Hall–Kier alpha value is -0.910. The number of aromatic nitrogens is 2. The summed E-state index contributed by atoms with van der Waals surface area (Å²) in [6, 6.07) is 0. The number of aliphatic hydroxyl groups excluding tert-OH is 2. The predicted octanol–water partition coefficient (Wildman–Crippen LogP) is -1.00.